The molecule has 1 aromatic carbocycles. The number of halogens is 1. The van der Waals surface area contributed by atoms with Crippen molar-refractivity contribution in [1.82, 2.24) is 5.32 Å². The Hall–Kier alpha value is -1.83. The Bertz CT molecular complexity index is 544. The number of carbonyl (C=O) groups excluding carboxylic acids is 2. The zero-order valence-electron chi connectivity index (χ0n) is 13.8. The Labute approximate surface area is 147 Å². The van der Waals surface area contributed by atoms with E-state index in [2.05, 4.69) is 15.4 Å². The summed E-state index contributed by atoms with van der Waals surface area (Å²) in [5, 5.41) is 6.08. The van der Waals surface area contributed by atoms with Gasteiger partial charge >= 0.3 is 5.97 Å². The predicted molar refractivity (Wildman–Crippen MR) is 91.7 cm³/mol. The van der Waals surface area contributed by atoms with E-state index in [0.717, 1.165) is 13.1 Å². The molecule has 2 rings (SSSR count). The van der Waals surface area contributed by atoms with E-state index in [-0.39, 0.29) is 24.9 Å². The molecule has 1 fully saturated rings. The first-order valence-corrected chi connectivity index (χ1v) is 7.46. The quantitative estimate of drug-likeness (QED) is 0.747. The first-order valence-electron chi connectivity index (χ1n) is 7.46. The first kappa shape index (κ1) is 20.2. The molecule has 0 bridgehead atoms. The van der Waals surface area contributed by atoms with Crippen LogP contribution in [0.3, 0.4) is 0 Å². The number of rotatable bonds is 6. The van der Waals surface area contributed by atoms with Gasteiger partial charge in [0.1, 0.15) is 11.4 Å². The highest BCUT2D eigenvalue weighted by Gasteiger charge is 2.39. The Kier molecular flexibility index (Phi) is 7.97. The monoisotopic (exact) mass is 358 g/mol. The summed E-state index contributed by atoms with van der Waals surface area (Å²) in [4.78, 5) is 23.5. The van der Waals surface area contributed by atoms with E-state index in [1.165, 1.54) is 7.11 Å². The van der Waals surface area contributed by atoms with E-state index in [4.69, 9.17) is 9.47 Å². The molecule has 7 nitrogen and oxygen atoms in total. The summed E-state index contributed by atoms with van der Waals surface area (Å²) in [5.74, 6) is -0.0724. The lowest BCUT2D eigenvalue weighted by Gasteiger charge is -2.34. The summed E-state index contributed by atoms with van der Waals surface area (Å²) in [6.45, 7) is 1.35. The molecule has 0 saturated carbocycles. The van der Waals surface area contributed by atoms with Crippen molar-refractivity contribution in [2.75, 3.05) is 39.2 Å². The van der Waals surface area contributed by atoms with Gasteiger partial charge in [0.2, 0.25) is 0 Å². The number of carbonyl (C=O) groups is 2. The van der Waals surface area contributed by atoms with Crippen molar-refractivity contribution in [2.24, 2.45) is 0 Å². The van der Waals surface area contributed by atoms with Gasteiger partial charge in [0.15, 0.2) is 6.61 Å². The molecule has 0 atom stereocenters. The molecule has 24 heavy (non-hydrogen) atoms. The van der Waals surface area contributed by atoms with Gasteiger partial charge in [0.05, 0.1) is 7.11 Å². The number of ether oxygens (including phenoxy) is 3. The largest absolute Gasteiger partial charge is 0.482 e. The lowest BCUT2D eigenvalue weighted by Crippen LogP contribution is -2.51. The summed E-state index contributed by atoms with van der Waals surface area (Å²) in [6.07, 6.45) is 1.27. The number of piperidine rings is 1. The number of anilines is 1. The minimum atomic E-state index is -0.786. The molecule has 1 heterocycles. The number of benzene rings is 1. The van der Waals surface area contributed by atoms with Crippen molar-refractivity contribution in [3.63, 3.8) is 0 Å². The highest BCUT2D eigenvalue weighted by atomic mass is 35.5. The molecular formula is C16H23ClN2O5. The summed E-state index contributed by atoms with van der Waals surface area (Å²) in [6, 6.07) is 6.80. The standard InChI is InChI=1S/C16H22N2O5.ClH/c1-21-14(19)11-23-13-5-3-12(4-6-13)18-15(20)16(22-2)7-9-17-10-8-16;/h3-6,17H,7-11H2,1-2H3,(H,18,20);1H. The molecule has 0 spiro atoms. The van der Waals surface area contributed by atoms with Crippen molar-refractivity contribution < 1.29 is 23.8 Å². The first-order chi connectivity index (χ1) is 11.1. The third kappa shape index (κ3) is 5.09. The van der Waals surface area contributed by atoms with Gasteiger partial charge in [0.25, 0.3) is 5.91 Å². The SMILES string of the molecule is COC(=O)COc1ccc(NC(=O)C2(OC)CCNCC2)cc1.Cl. The van der Waals surface area contributed by atoms with Crippen LogP contribution in [0.2, 0.25) is 0 Å². The van der Waals surface area contributed by atoms with Crippen LogP contribution < -0.4 is 15.4 Å². The van der Waals surface area contributed by atoms with Crippen LogP contribution in [0.5, 0.6) is 5.75 Å². The average molecular weight is 359 g/mol. The van der Waals surface area contributed by atoms with Crippen LogP contribution in [-0.4, -0.2) is 51.4 Å². The molecule has 0 aliphatic carbocycles. The van der Waals surface area contributed by atoms with Gasteiger partial charge in [-0.2, -0.15) is 0 Å². The van der Waals surface area contributed by atoms with Crippen LogP contribution in [0, 0.1) is 0 Å². The van der Waals surface area contributed by atoms with Crippen LogP contribution in [0.4, 0.5) is 5.69 Å². The maximum Gasteiger partial charge on any atom is 0.343 e. The lowest BCUT2D eigenvalue weighted by atomic mass is 9.91. The molecule has 1 aliphatic heterocycles. The van der Waals surface area contributed by atoms with Gasteiger partial charge in [0, 0.05) is 12.8 Å². The molecule has 1 aliphatic rings. The summed E-state index contributed by atoms with van der Waals surface area (Å²) in [7, 11) is 2.87. The fourth-order valence-electron chi connectivity index (χ4n) is 2.44. The van der Waals surface area contributed by atoms with Crippen LogP contribution >= 0.6 is 12.4 Å². The maximum absolute atomic E-state index is 12.5. The average Bonchev–Trinajstić information content (AvgIpc) is 2.61. The third-order valence-electron chi connectivity index (χ3n) is 3.91. The fourth-order valence-corrected chi connectivity index (χ4v) is 2.44. The molecule has 0 radical (unpaired) electrons. The Morgan fingerprint density at radius 1 is 1.17 bits per heavy atom. The Morgan fingerprint density at radius 3 is 2.33 bits per heavy atom. The summed E-state index contributed by atoms with van der Waals surface area (Å²) < 4.78 is 15.2. The summed E-state index contributed by atoms with van der Waals surface area (Å²) in [5.41, 5.74) is -0.138. The minimum Gasteiger partial charge on any atom is -0.482 e. The van der Waals surface area contributed by atoms with Crippen LogP contribution in [-0.2, 0) is 19.1 Å². The van der Waals surface area contributed by atoms with Gasteiger partial charge in [-0.3, -0.25) is 4.79 Å². The van der Waals surface area contributed by atoms with E-state index in [1.54, 1.807) is 31.4 Å². The molecule has 0 aromatic heterocycles. The van der Waals surface area contributed by atoms with Crippen LogP contribution in [0.15, 0.2) is 24.3 Å². The second-order valence-corrected chi connectivity index (χ2v) is 5.29. The molecule has 0 unspecified atom stereocenters. The number of amides is 1. The minimum absolute atomic E-state index is 0. The molecule has 134 valence electrons. The van der Waals surface area contributed by atoms with E-state index in [9.17, 15) is 9.59 Å². The van der Waals surface area contributed by atoms with Gasteiger partial charge in [-0.25, -0.2) is 4.79 Å². The zero-order chi connectivity index (χ0) is 16.7. The maximum atomic E-state index is 12.5. The van der Waals surface area contributed by atoms with Gasteiger partial charge in [-0.05, 0) is 50.2 Å². The number of hydrogen-bond donors (Lipinski definition) is 2. The Balaban J connectivity index is 0.00000288. The second kappa shape index (κ2) is 9.46. The zero-order valence-corrected chi connectivity index (χ0v) is 14.6. The Morgan fingerprint density at radius 2 is 1.79 bits per heavy atom. The lowest BCUT2D eigenvalue weighted by molar-refractivity contribution is -0.143. The normalized spacial score (nSPS) is 15.8. The second-order valence-electron chi connectivity index (χ2n) is 5.29. The molecule has 1 amide bonds. The fraction of sp³-hybridized carbons (Fsp3) is 0.500. The number of esters is 1. The van der Waals surface area contributed by atoms with Gasteiger partial charge < -0.3 is 24.8 Å². The number of hydrogen-bond acceptors (Lipinski definition) is 6. The molecule has 8 heteroatoms. The van der Waals surface area contributed by atoms with Crippen LogP contribution in [0.25, 0.3) is 0 Å². The van der Waals surface area contributed by atoms with Crippen molar-refractivity contribution in [2.45, 2.75) is 18.4 Å². The van der Waals surface area contributed by atoms with Crippen molar-refractivity contribution >= 4 is 30.0 Å². The van der Waals surface area contributed by atoms with E-state index >= 15 is 0 Å². The smallest absolute Gasteiger partial charge is 0.343 e. The summed E-state index contributed by atoms with van der Waals surface area (Å²) >= 11 is 0. The highest BCUT2D eigenvalue weighted by molar-refractivity contribution is 5.97. The molecule has 1 saturated heterocycles. The van der Waals surface area contributed by atoms with E-state index < -0.39 is 11.6 Å². The van der Waals surface area contributed by atoms with Crippen LogP contribution in [0.1, 0.15) is 12.8 Å². The van der Waals surface area contributed by atoms with Crippen molar-refractivity contribution in [3.05, 3.63) is 24.3 Å². The molecule has 1 aromatic rings. The van der Waals surface area contributed by atoms with E-state index in [1.807, 2.05) is 0 Å². The van der Waals surface area contributed by atoms with E-state index in [0.29, 0.717) is 24.3 Å². The highest BCUT2D eigenvalue weighted by Crippen LogP contribution is 2.25. The molecule has 2 N–H and O–H groups in total. The molecular weight excluding hydrogens is 336 g/mol. The number of nitrogens with one attached hydrogen (secondary N) is 2. The third-order valence-corrected chi connectivity index (χ3v) is 3.91. The topological polar surface area (TPSA) is 85.9 Å². The predicted octanol–water partition coefficient (Wildman–Crippen LogP) is 1.37. The van der Waals surface area contributed by atoms with Crippen molar-refractivity contribution in [1.29, 1.82) is 0 Å². The van der Waals surface area contributed by atoms with Gasteiger partial charge in [-0.15, -0.1) is 12.4 Å². The van der Waals surface area contributed by atoms with Gasteiger partial charge in [-0.1, -0.05) is 0 Å². The van der Waals surface area contributed by atoms with Crippen molar-refractivity contribution in [3.8, 4) is 5.75 Å². The number of methoxy groups -OCH3 is 2.